The minimum Gasteiger partial charge on any atom is -0.456 e. The summed E-state index contributed by atoms with van der Waals surface area (Å²) in [6, 6.07) is 60.0. The van der Waals surface area contributed by atoms with Crippen LogP contribution in [0, 0.1) is 0 Å². The second-order valence-corrected chi connectivity index (χ2v) is 13.3. The normalized spacial score (nSPS) is 11.9. The summed E-state index contributed by atoms with van der Waals surface area (Å²) in [5.41, 5.74) is 14.6. The summed E-state index contributed by atoms with van der Waals surface area (Å²) < 4.78 is 18.4. The second-order valence-electron chi connectivity index (χ2n) is 13.3. The predicted molar refractivity (Wildman–Crippen MR) is 210 cm³/mol. The zero-order chi connectivity index (χ0) is 33.5. The van der Waals surface area contributed by atoms with Crippen LogP contribution < -0.4 is 0 Å². The van der Waals surface area contributed by atoms with Gasteiger partial charge in [0.1, 0.15) is 33.5 Å². The lowest BCUT2D eigenvalue weighted by atomic mass is 9.91. The minimum atomic E-state index is 0.894. The van der Waals surface area contributed by atoms with Gasteiger partial charge in [-0.15, -0.1) is 0 Å². The maximum Gasteiger partial charge on any atom is 0.135 e. The zero-order valence-corrected chi connectivity index (χ0v) is 27.4. The highest BCUT2D eigenvalue weighted by molar-refractivity contribution is 6.08. The molecule has 0 spiro atoms. The Bertz CT molecular complexity index is 3000. The van der Waals surface area contributed by atoms with E-state index in [1.54, 1.807) is 0 Å². The fraction of sp³-hybridized carbons (Fsp3) is 0. The molecule has 0 radical (unpaired) electrons. The van der Waals surface area contributed by atoms with Gasteiger partial charge in [0, 0.05) is 32.3 Å². The molecule has 0 aliphatic rings. The summed E-state index contributed by atoms with van der Waals surface area (Å²) in [7, 11) is 0. The quantitative estimate of drug-likeness (QED) is 0.190. The molecule has 0 saturated carbocycles. The van der Waals surface area contributed by atoms with Gasteiger partial charge in [-0.25, -0.2) is 0 Å². The van der Waals surface area contributed by atoms with Crippen molar-refractivity contribution in [1.82, 2.24) is 0 Å². The summed E-state index contributed by atoms with van der Waals surface area (Å²) in [5, 5.41) is 6.76. The van der Waals surface area contributed by atoms with Crippen molar-refractivity contribution in [2.24, 2.45) is 0 Å². The Hall–Kier alpha value is -6.84. The van der Waals surface area contributed by atoms with E-state index in [0.717, 1.165) is 110 Å². The topological polar surface area (TPSA) is 39.4 Å². The number of hydrogen-bond donors (Lipinski definition) is 0. The SMILES string of the molecule is c1ccc2c(c1)oc1ccc(-c3ccc(-c4cc(-c5ccc6oc7ccccc7c6c5)cc(-c5ccc6oc7ccccc7c6c5)c4)cc3)cc12. The number of hydrogen-bond acceptors (Lipinski definition) is 3. The molecule has 3 heterocycles. The molecule has 0 N–H and O–H groups in total. The molecule has 8 aromatic carbocycles. The lowest BCUT2D eigenvalue weighted by Crippen LogP contribution is -1.87. The first-order valence-corrected chi connectivity index (χ1v) is 17.2. The molecule has 11 rings (SSSR count). The van der Waals surface area contributed by atoms with Crippen LogP contribution in [0.1, 0.15) is 0 Å². The van der Waals surface area contributed by atoms with E-state index in [1.165, 1.54) is 0 Å². The van der Waals surface area contributed by atoms with Crippen LogP contribution in [0.3, 0.4) is 0 Å². The summed E-state index contributed by atoms with van der Waals surface area (Å²) >= 11 is 0. The van der Waals surface area contributed by atoms with Crippen molar-refractivity contribution in [3.05, 3.63) is 170 Å². The van der Waals surface area contributed by atoms with Crippen LogP contribution in [-0.2, 0) is 0 Å². The molecular weight excluding hydrogens is 625 g/mol. The van der Waals surface area contributed by atoms with E-state index in [-0.39, 0.29) is 0 Å². The number of fused-ring (bicyclic) bond motifs is 9. The molecule has 0 fully saturated rings. The first-order chi connectivity index (χ1) is 25.2. The van der Waals surface area contributed by atoms with Crippen molar-refractivity contribution in [2.75, 3.05) is 0 Å². The van der Waals surface area contributed by atoms with Gasteiger partial charge in [0.15, 0.2) is 0 Å². The van der Waals surface area contributed by atoms with Crippen LogP contribution in [-0.4, -0.2) is 0 Å². The zero-order valence-electron chi connectivity index (χ0n) is 27.4. The van der Waals surface area contributed by atoms with E-state index in [9.17, 15) is 0 Å². The summed E-state index contributed by atoms with van der Waals surface area (Å²) in [6.07, 6.45) is 0. The third-order valence-electron chi connectivity index (χ3n) is 10.3. The predicted octanol–water partition coefficient (Wildman–Crippen LogP) is 14.1. The molecule has 11 aromatic rings. The lowest BCUT2D eigenvalue weighted by Gasteiger charge is -2.12. The highest BCUT2D eigenvalue weighted by Crippen LogP contribution is 2.39. The number of furan rings is 3. The van der Waals surface area contributed by atoms with Crippen molar-refractivity contribution >= 4 is 65.8 Å². The molecular formula is C48H28O3. The maximum absolute atomic E-state index is 6.17. The summed E-state index contributed by atoms with van der Waals surface area (Å²) in [6.45, 7) is 0. The fourth-order valence-corrected chi connectivity index (χ4v) is 7.70. The Morgan fingerprint density at radius 3 is 0.863 bits per heavy atom. The maximum atomic E-state index is 6.17. The highest BCUT2D eigenvalue weighted by Gasteiger charge is 2.14. The average Bonchev–Trinajstić information content (AvgIpc) is 3.88. The van der Waals surface area contributed by atoms with Crippen molar-refractivity contribution in [2.45, 2.75) is 0 Å². The third kappa shape index (κ3) is 4.52. The molecule has 0 atom stereocenters. The summed E-state index contributed by atoms with van der Waals surface area (Å²) in [4.78, 5) is 0. The number of rotatable bonds is 4. The van der Waals surface area contributed by atoms with Gasteiger partial charge >= 0.3 is 0 Å². The van der Waals surface area contributed by atoms with Gasteiger partial charge in [-0.2, -0.15) is 0 Å². The fourth-order valence-electron chi connectivity index (χ4n) is 7.70. The van der Waals surface area contributed by atoms with Gasteiger partial charge < -0.3 is 13.3 Å². The molecule has 3 heteroatoms. The third-order valence-corrected chi connectivity index (χ3v) is 10.3. The van der Waals surface area contributed by atoms with Gasteiger partial charge in [0.05, 0.1) is 0 Å². The van der Waals surface area contributed by atoms with Crippen LogP contribution in [0.2, 0.25) is 0 Å². The Morgan fingerprint density at radius 2 is 0.471 bits per heavy atom. The van der Waals surface area contributed by atoms with Gasteiger partial charge in [-0.05, 0) is 117 Å². The van der Waals surface area contributed by atoms with E-state index >= 15 is 0 Å². The molecule has 0 saturated heterocycles. The molecule has 0 unspecified atom stereocenters. The number of benzene rings is 8. The van der Waals surface area contributed by atoms with Crippen LogP contribution in [0.4, 0.5) is 0 Å². The lowest BCUT2D eigenvalue weighted by molar-refractivity contribution is 0.668. The van der Waals surface area contributed by atoms with Crippen molar-refractivity contribution in [3.8, 4) is 44.5 Å². The second kappa shape index (κ2) is 10.8. The monoisotopic (exact) mass is 652 g/mol. The van der Waals surface area contributed by atoms with Crippen molar-refractivity contribution in [1.29, 1.82) is 0 Å². The molecule has 51 heavy (non-hydrogen) atoms. The Kier molecular flexibility index (Phi) is 5.96. The first-order valence-electron chi connectivity index (χ1n) is 17.2. The first kappa shape index (κ1) is 28.0. The molecule has 238 valence electrons. The largest absolute Gasteiger partial charge is 0.456 e. The Balaban J connectivity index is 1.05. The van der Waals surface area contributed by atoms with Gasteiger partial charge in [0.2, 0.25) is 0 Å². The molecule has 0 aliphatic carbocycles. The Labute approximate surface area is 292 Å². The number of para-hydroxylation sites is 3. The smallest absolute Gasteiger partial charge is 0.135 e. The molecule has 0 bridgehead atoms. The average molecular weight is 653 g/mol. The molecule has 3 aromatic heterocycles. The van der Waals surface area contributed by atoms with Gasteiger partial charge in [-0.3, -0.25) is 0 Å². The van der Waals surface area contributed by atoms with Crippen LogP contribution in [0.15, 0.2) is 183 Å². The minimum absolute atomic E-state index is 0.894. The van der Waals surface area contributed by atoms with Crippen LogP contribution in [0.25, 0.3) is 110 Å². The Morgan fingerprint density at radius 1 is 0.196 bits per heavy atom. The van der Waals surface area contributed by atoms with Crippen molar-refractivity contribution in [3.63, 3.8) is 0 Å². The van der Waals surface area contributed by atoms with E-state index in [1.807, 2.05) is 36.4 Å². The standard InChI is InChI=1S/C48H28O3/c1-4-10-43-37(7-1)40-26-31(17-20-46(40)49-43)29-13-15-30(16-14-29)34-23-35(32-18-21-47-41(27-32)38-8-2-5-11-44(38)50-47)25-36(24-34)33-19-22-48-42(28-33)39-9-3-6-12-45(39)51-48/h1-28H. The highest BCUT2D eigenvalue weighted by atomic mass is 16.3. The van der Waals surface area contributed by atoms with Crippen molar-refractivity contribution < 1.29 is 13.3 Å². The van der Waals surface area contributed by atoms with Gasteiger partial charge in [0.25, 0.3) is 0 Å². The van der Waals surface area contributed by atoms with E-state index in [2.05, 4.69) is 133 Å². The van der Waals surface area contributed by atoms with Crippen LogP contribution in [0.5, 0.6) is 0 Å². The molecule has 3 nitrogen and oxygen atoms in total. The van der Waals surface area contributed by atoms with E-state index in [4.69, 9.17) is 13.3 Å². The molecule has 0 amide bonds. The van der Waals surface area contributed by atoms with E-state index in [0.29, 0.717) is 0 Å². The van der Waals surface area contributed by atoms with Gasteiger partial charge in [-0.1, -0.05) is 97.1 Å². The molecule has 0 aliphatic heterocycles. The van der Waals surface area contributed by atoms with E-state index < -0.39 is 0 Å². The van der Waals surface area contributed by atoms with Crippen LogP contribution >= 0.6 is 0 Å². The summed E-state index contributed by atoms with van der Waals surface area (Å²) in [5.74, 6) is 0.